The van der Waals surface area contributed by atoms with Crippen LogP contribution in [0.4, 0.5) is 0 Å². The molecule has 2 atom stereocenters. The number of hydrogen-bond acceptors (Lipinski definition) is 2. The molecule has 0 radical (unpaired) electrons. The molecule has 92 valence electrons. The van der Waals surface area contributed by atoms with Crippen molar-refractivity contribution in [2.75, 3.05) is 7.05 Å². The van der Waals surface area contributed by atoms with Crippen molar-refractivity contribution in [1.82, 2.24) is 4.90 Å². The molecule has 1 fully saturated rings. The van der Waals surface area contributed by atoms with Crippen LogP contribution in [0, 0.1) is 5.92 Å². The second-order valence-electron chi connectivity index (χ2n) is 4.89. The quantitative estimate of drug-likeness (QED) is 0.849. The number of rotatable bonds is 5. The summed E-state index contributed by atoms with van der Waals surface area (Å²) in [7, 11) is 1.91. The van der Waals surface area contributed by atoms with E-state index in [2.05, 4.69) is 6.92 Å². The van der Waals surface area contributed by atoms with Gasteiger partial charge in [0.15, 0.2) is 0 Å². The highest BCUT2D eigenvalue weighted by molar-refractivity contribution is 5.75. The number of aliphatic carboxylic acids is 1. The molecule has 0 bridgehead atoms. The molecule has 2 rings (SSSR count). The van der Waals surface area contributed by atoms with E-state index in [1.165, 1.54) is 12.8 Å². The summed E-state index contributed by atoms with van der Waals surface area (Å²) in [6.45, 7) is 2.12. The molecular formula is C14H19NO2. The van der Waals surface area contributed by atoms with E-state index in [1.807, 2.05) is 42.3 Å². The first kappa shape index (κ1) is 12.1. The summed E-state index contributed by atoms with van der Waals surface area (Å²) in [4.78, 5) is 13.4. The Kier molecular flexibility index (Phi) is 3.48. The van der Waals surface area contributed by atoms with Gasteiger partial charge in [-0.05, 0) is 38.3 Å². The Morgan fingerprint density at radius 2 is 1.94 bits per heavy atom. The Morgan fingerprint density at radius 1 is 1.35 bits per heavy atom. The molecule has 3 nitrogen and oxygen atoms in total. The molecule has 0 saturated heterocycles. The largest absolute Gasteiger partial charge is 0.480 e. The lowest BCUT2D eigenvalue weighted by molar-refractivity contribution is -0.144. The Hall–Kier alpha value is -1.35. The Bertz CT molecular complexity index is 386. The second-order valence-corrected chi connectivity index (χ2v) is 4.89. The van der Waals surface area contributed by atoms with Crippen molar-refractivity contribution in [3.63, 3.8) is 0 Å². The average Bonchev–Trinajstić information content (AvgIpc) is 3.13. The van der Waals surface area contributed by atoms with E-state index < -0.39 is 12.0 Å². The predicted molar refractivity (Wildman–Crippen MR) is 66.8 cm³/mol. The third-order valence-electron chi connectivity index (χ3n) is 3.70. The molecule has 3 heteroatoms. The molecule has 0 spiro atoms. The summed E-state index contributed by atoms with van der Waals surface area (Å²) < 4.78 is 0. The van der Waals surface area contributed by atoms with Gasteiger partial charge in [-0.3, -0.25) is 9.69 Å². The summed E-state index contributed by atoms with van der Waals surface area (Å²) in [5.41, 5.74) is 0.856. The summed E-state index contributed by atoms with van der Waals surface area (Å²) in [6, 6.07) is 9.25. The number of benzene rings is 1. The molecule has 0 aromatic heterocycles. The fourth-order valence-electron chi connectivity index (χ4n) is 2.33. The maximum Gasteiger partial charge on any atom is 0.325 e. The topological polar surface area (TPSA) is 40.5 Å². The lowest BCUT2D eigenvalue weighted by Gasteiger charge is -2.30. The number of carboxylic acid groups (broad SMARTS) is 1. The van der Waals surface area contributed by atoms with Gasteiger partial charge in [0.2, 0.25) is 0 Å². The van der Waals surface area contributed by atoms with E-state index in [-0.39, 0.29) is 0 Å². The Morgan fingerprint density at radius 3 is 2.41 bits per heavy atom. The first-order chi connectivity index (χ1) is 8.11. The normalized spacial score (nSPS) is 19.0. The van der Waals surface area contributed by atoms with Crippen LogP contribution in [0.2, 0.25) is 0 Å². The van der Waals surface area contributed by atoms with Crippen molar-refractivity contribution in [2.24, 2.45) is 5.92 Å². The van der Waals surface area contributed by atoms with Gasteiger partial charge in [0.1, 0.15) is 6.04 Å². The highest BCUT2D eigenvalue weighted by Gasteiger charge is 2.36. The highest BCUT2D eigenvalue weighted by atomic mass is 16.4. The van der Waals surface area contributed by atoms with Crippen molar-refractivity contribution in [3.05, 3.63) is 35.9 Å². The molecular weight excluding hydrogens is 214 g/mol. The van der Waals surface area contributed by atoms with Crippen LogP contribution in [0.5, 0.6) is 0 Å². The van der Waals surface area contributed by atoms with Crippen molar-refractivity contribution < 1.29 is 9.90 Å². The molecule has 0 aliphatic heterocycles. The summed E-state index contributed by atoms with van der Waals surface area (Å²) in [6.07, 6.45) is 2.46. The number of likely N-dealkylation sites (N-methyl/N-ethyl adjacent to an activating group) is 1. The molecule has 1 aliphatic carbocycles. The summed E-state index contributed by atoms with van der Waals surface area (Å²) >= 11 is 0. The molecule has 1 N–H and O–H groups in total. The fraction of sp³-hybridized carbons (Fsp3) is 0.500. The zero-order valence-electron chi connectivity index (χ0n) is 10.3. The van der Waals surface area contributed by atoms with Gasteiger partial charge in [0, 0.05) is 6.04 Å². The minimum atomic E-state index is -0.772. The zero-order valence-corrected chi connectivity index (χ0v) is 10.3. The van der Waals surface area contributed by atoms with Crippen LogP contribution in [-0.2, 0) is 4.79 Å². The van der Waals surface area contributed by atoms with Crippen LogP contribution in [0.3, 0.4) is 0 Å². The van der Waals surface area contributed by atoms with Crippen molar-refractivity contribution in [1.29, 1.82) is 0 Å². The molecule has 0 heterocycles. The van der Waals surface area contributed by atoms with Crippen molar-refractivity contribution in [3.8, 4) is 0 Å². The summed E-state index contributed by atoms with van der Waals surface area (Å²) in [5, 5.41) is 9.41. The van der Waals surface area contributed by atoms with E-state index in [0.717, 1.165) is 5.56 Å². The Balaban J connectivity index is 2.19. The number of carboxylic acids is 1. The molecule has 1 saturated carbocycles. The number of carbonyl (C=O) groups is 1. The van der Waals surface area contributed by atoms with Crippen molar-refractivity contribution in [2.45, 2.75) is 31.8 Å². The highest BCUT2D eigenvalue weighted by Crippen LogP contribution is 2.37. The van der Waals surface area contributed by atoms with Crippen LogP contribution in [0.15, 0.2) is 30.3 Å². The molecule has 0 amide bonds. The number of hydrogen-bond donors (Lipinski definition) is 1. The molecule has 17 heavy (non-hydrogen) atoms. The summed E-state index contributed by atoms with van der Waals surface area (Å²) in [5.74, 6) is -0.100. The lowest BCUT2D eigenvalue weighted by atomic mass is 10.0. The van der Waals surface area contributed by atoms with Gasteiger partial charge in [-0.25, -0.2) is 0 Å². The lowest BCUT2D eigenvalue weighted by Crippen LogP contribution is -2.38. The predicted octanol–water partition coefficient (Wildman–Crippen LogP) is 2.54. The third-order valence-corrected chi connectivity index (χ3v) is 3.70. The third kappa shape index (κ3) is 2.67. The second kappa shape index (κ2) is 4.88. The minimum absolute atomic E-state index is 0.330. The van der Waals surface area contributed by atoms with Gasteiger partial charge in [-0.2, -0.15) is 0 Å². The SMILES string of the molecule is CC(C1CC1)N(C)C(C(=O)O)c1ccccc1. The van der Waals surface area contributed by atoms with E-state index in [1.54, 1.807) is 0 Å². The van der Waals surface area contributed by atoms with Crippen LogP contribution in [0.25, 0.3) is 0 Å². The smallest absolute Gasteiger partial charge is 0.325 e. The molecule has 1 aromatic rings. The van der Waals surface area contributed by atoms with Gasteiger partial charge in [-0.15, -0.1) is 0 Å². The monoisotopic (exact) mass is 233 g/mol. The van der Waals surface area contributed by atoms with E-state index in [0.29, 0.717) is 12.0 Å². The average molecular weight is 233 g/mol. The first-order valence-corrected chi connectivity index (χ1v) is 6.11. The van der Waals surface area contributed by atoms with E-state index in [4.69, 9.17) is 0 Å². The van der Waals surface area contributed by atoms with Crippen LogP contribution >= 0.6 is 0 Å². The maximum atomic E-state index is 11.4. The van der Waals surface area contributed by atoms with Gasteiger partial charge in [0.25, 0.3) is 0 Å². The zero-order chi connectivity index (χ0) is 12.4. The van der Waals surface area contributed by atoms with Crippen LogP contribution < -0.4 is 0 Å². The van der Waals surface area contributed by atoms with Gasteiger partial charge in [-0.1, -0.05) is 30.3 Å². The Labute approximate surface area is 102 Å². The van der Waals surface area contributed by atoms with Crippen molar-refractivity contribution >= 4 is 5.97 Å². The van der Waals surface area contributed by atoms with Gasteiger partial charge < -0.3 is 5.11 Å². The fourth-order valence-corrected chi connectivity index (χ4v) is 2.33. The minimum Gasteiger partial charge on any atom is -0.480 e. The molecule has 1 aromatic carbocycles. The maximum absolute atomic E-state index is 11.4. The molecule has 1 aliphatic rings. The van der Waals surface area contributed by atoms with Gasteiger partial charge >= 0.3 is 5.97 Å². The van der Waals surface area contributed by atoms with E-state index >= 15 is 0 Å². The van der Waals surface area contributed by atoms with Crippen LogP contribution in [0.1, 0.15) is 31.4 Å². The van der Waals surface area contributed by atoms with Crippen LogP contribution in [-0.4, -0.2) is 29.1 Å². The standard InChI is InChI=1S/C14H19NO2/c1-10(11-8-9-11)15(2)13(14(16)17)12-6-4-3-5-7-12/h3-7,10-11,13H,8-9H2,1-2H3,(H,16,17). The first-order valence-electron chi connectivity index (χ1n) is 6.11. The van der Waals surface area contributed by atoms with Gasteiger partial charge in [0.05, 0.1) is 0 Å². The van der Waals surface area contributed by atoms with E-state index in [9.17, 15) is 9.90 Å². The molecule has 2 unspecified atom stereocenters. The number of nitrogens with zero attached hydrogens (tertiary/aromatic N) is 1.